The van der Waals surface area contributed by atoms with Crippen LogP contribution in [0.2, 0.25) is 0 Å². The molecule has 0 atom stereocenters. The summed E-state index contributed by atoms with van der Waals surface area (Å²) in [6.07, 6.45) is -0.353. The van der Waals surface area contributed by atoms with Crippen LogP contribution in [0.15, 0.2) is 28.7 Å². The third-order valence-corrected chi connectivity index (χ3v) is 2.60. The average Bonchev–Trinajstić information content (AvgIpc) is 2.92. The standard InChI is InChI=1S/C12H10N4O4/c17-9(18)5-7-10(19)15-11(13-7)16-12-14-6-3-1-2-4-8(6)20-12/h1-4,19H,5H2,(H,17,18)(H2,13,14,15,16). The molecule has 0 aliphatic carbocycles. The lowest BCUT2D eigenvalue weighted by molar-refractivity contribution is -0.136. The topological polar surface area (TPSA) is 124 Å². The van der Waals surface area contributed by atoms with Crippen molar-refractivity contribution in [2.75, 3.05) is 5.32 Å². The number of rotatable bonds is 4. The summed E-state index contributed by atoms with van der Waals surface area (Å²) in [4.78, 5) is 21.2. The molecule has 1 aromatic carbocycles. The number of carbonyl (C=O) groups is 1. The molecule has 0 unspecified atom stereocenters. The number of H-pyrrole nitrogens is 1. The minimum atomic E-state index is -1.07. The number of aromatic hydroxyl groups is 1. The first-order chi connectivity index (χ1) is 9.61. The molecule has 0 spiro atoms. The van der Waals surface area contributed by atoms with E-state index >= 15 is 0 Å². The zero-order valence-electron chi connectivity index (χ0n) is 10.1. The molecule has 20 heavy (non-hydrogen) atoms. The van der Waals surface area contributed by atoms with Crippen molar-refractivity contribution in [1.29, 1.82) is 0 Å². The van der Waals surface area contributed by atoms with E-state index in [-0.39, 0.29) is 30.0 Å². The van der Waals surface area contributed by atoms with Crippen molar-refractivity contribution in [3.8, 4) is 5.88 Å². The monoisotopic (exact) mass is 274 g/mol. The number of imidazole rings is 1. The van der Waals surface area contributed by atoms with Crippen molar-refractivity contribution in [1.82, 2.24) is 15.0 Å². The summed E-state index contributed by atoms with van der Waals surface area (Å²) in [6.45, 7) is 0. The summed E-state index contributed by atoms with van der Waals surface area (Å²) in [5.41, 5.74) is 1.39. The van der Waals surface area contributed by atoms with Crippen LogP contribution in [0.4, 0.5) is 12.0 Å². The summed E-state index contributed by atoms with van der Waals surface area (Å²) >= 11 is 0. The first kappa shape index (κ1) is 12.0. The van der Waals surface area contributed by atoms with E-state index in [4.69, 9.17) is 9.52 Å². The van der Waals surface area contributed by atoms with Crippen molar-refractivity contribution >= 4 is 29.0 Å². The molecule has 8 nitrogen and oxygen atoms in total. The maximum Gasteiger partial charge on any atom is 0.309 e. The number of nitrogens with zero attached hydrogens (tertiary/aromatic N) is 2. The van der Waals surface area contributed by atoms with Crippen LogP contribution in [0.5, 0.6) is 5.88 Å². The van der Waals surface area contributed by atoms with Crippen LogP contribution < -0.4 is 5.32 Å². The third kappa shape index (κ3) is 2.26. The predicted octanol–water partition coefficient (Wildman–Crippen LogP) is 1.63. The van der Waals surface area contributed by atoms with E-state index in [0.717, 1.165) is 0 Å². The first-order valence-electron chi connectivity index (χ1n) is 5.74. The molecule has 102 valence electrons. The van der Waals surface area contributed by atoms with Crippen LogP contribution in [0, 0.1) is 0 Å². The van der Waals surface area contributed by atoms with Crippen LogP contribution in [-0.4, -0.2) is 31.1 Å². The normalized spacial score (nSPS) is 10.8. The lowest BCUT2D eigenvalue weighted by Gasteiger charge is -1.94. The third-order valence-electron chi connectivity index (χ3n) is 2.60. The highest BCUT2D eigenvalue weighted by Crippen LogP contribution is 2.23. The van der Waals surface area contributed by atoms with Crippen molar-refractivity contribution in [3.63, 3.8) is 0 Å². The molecule has 8 heteroatoms. The Kier molecular flexibility index (Phi) is 2.75. The Morgan fingerprint density at radius 3 is 2.90 bits per heavy atom. The van der Waals surface area contributed by atoms with Crippen molar-refractivity contribution in [2.45, 2.75) is 6.42 Å². The number of hydrogen-bond donors (Lipinski definition) is 4. The van der Waals surface area contributed by atoms with Gasteiger partial charge in [-0.15, -0.1) is 0 Å². The number of aliphatic carboxylic acids is 1. The van der Waals surface area contributed by atoms with Gasteiger partial charge in [-0.1, -0.05) is 12.1 Å². The zero-order valence-corrected chi connectivity index (χ0v) is 10.1. The highest BCUT2D eigenvalue weighted by molar-refractivity contribution is 5.75. The van der Waals surface area contributed by atoms with Crippen LogP contribution >= 0.6 is 0 Å². The van der Waals surface area contributed by atoms with E-state index in [0.29, 0.717) is 11.1 Å². The van der Waals surface area contributed by atoms with Gasteiger partial charge in [-0.25, -0.2) is 0 Å². The molecule has 0 amide bonds. The molecule has 0 radical (unpaired) electrons. The summed E-state index contributed by atoms with van der Waals surface area (Å²) in [5.74, 6) is -1.28. The highest BCUT2D eigenvalue weighted by Gasteiger charge is 2.14. The van der Waals surface area contributed by atoms with Gasteiger partial charge >= 0.3 is 12.0 Å². The number of oxazole rings is 1. The fourth-order valence-electron chi connectivity index (χ4n) is 1.76. The smallest absolute Gasteiger partial charge is 0.309 e. The fourth-order valence-corrected chi connectivity index (χ4v) is 1.76. The largest absolute Gasteiger partial charge is 0.492 e. The van der Waals surface area contributed by atoms with E-state index < -0.39 is 5.97 Å². The van der Waals surface area contributed by atoms with Gasteiger partial charge in [0.2, 0.25) is 11.8 Å². The Hall–Kier alpha value is -3.03. The Balaban J connectivity index is 1.85. The van der Waals surface area contributed by atoms with Crippen LogP contribution in [0.25, 0.3) is 11.1 Å². The molecule has 0 saturated heterocycles. The van der Waals surface area contributed by atoms with Gasteiger partial charge in [0.25, 0.3) is 0 Å². The molecule has 2 heterocycles. The van der Waals surface area contributed by atoms with Gasteiger partial charge in [0.05, 0.1) is 12.1 Å². The number of carboxylic acids is 1. The predicted molar refractivity (Wildman–Crippen MR) is 68.9 cm³/mol. The van der Waals surface area contributed by atoms with Gasteiger partial charge in [0, 0.05) is 0 Å². The molecule has 2 aromatic heterocycles. The van der Waals surface area contributed by atoms with E-state index in [1.54, 1.807) is 12.1 Å². The quantitative estimate of drug-likeness (QED) is 0.569. The Bertz CT molecular complexity index is 744. The molecule has 0 aliphatic rings. The van der Waals surface area contributed by atoms with Gasteiger partial charge in [-0.3, -0.25) is 10.1 Å². The van der Waals surface area contributed by atoms with Gasteiger partial charge in [0.1, 0.15) is 5.52 Å². The van der Waals surface area contributed by atoms with Gasteiger partial charge in [-0.05, 0) is 12.1 Å². The van der Waals surface area contributed by atoms with Gasteiger partial charge in [-0.2, -0.15) is 9.97 Å². The van der Waals surface area contributed by atoms with Crippen LogP contribution in [-0.2, 0) is 11.2 Å². The van der Waals surface area contributed by atoms with Crippen molar-refractivity contribution in [2.24, 2.45) is 0 Å². The van der Waals surface area contributed by atoms with E-state index in [2.05, 4.69) is 20.3 Å². The Labute approximate surface area is 112 Å². The van der Waals surface area contributed by atoms with Crippen molar-refractivity contribution < 1.29 is 19.4 Å². The molecule has 4 N–H and O–H groups in total. The molecule has 0 saturated carbocycles. The highest BCUT2D eigenvalue weighted by atomic mass is 16.4. The summed E-state index contributed by atoms with van der Waals surface area (Å²) in [5, 5.41) is 20.9. The Morgan fingerprint density at radius 2 is 2.15 bits per heavy atom. The molecule has 3 aromatic rings. The molecule has 3 rings (SSSR count). The molecular weight excluding hydrogens is 264 g/mol. The van der Waals surface area contributed by atoms with E-state index in [1.807, 2.05) is 12.1 Å². The maximum absolute atomic E-state index is 10.6. The second-order valence-corrected chi connectivity index (χ2v) is 4.07. The van der Waals surface area contributed by atoms with Crippen LogP contribution in [0.3, 0.4) is 0 Å². The summed E-state index contributed by atoms with van der Waals surface area (Å²) in [7, 11) is 0. The fraction of sp³-hybridized carbons (Fsp3) is 0.0833. The maximum atomic E-state index is 10.6. The van der Waals surface area contributed by atoms with Gasteiger partial charge < -0.3 is 19.6 Å². The molecule has 0 bridgehead atoms. The van der Waals surface area contributed by atoms with E-state index in [1.165, 1.54) is 0 Å². The second-order valence-electron chi connectivity index (χ2n) is 4.07. The summed E-state index contributed by atoms with van der Waals surface area (Å²) < 4.78 is 5.42. The molecule has 0 aliphatic heterocycles. The number of benzene rings is 1. The first-order valence-corrected chi connectivity index (χ1v) is 5.74. The summed E-state index contributed by atoms with van der Waals surface area (Å²) in [6, 6.07) is 7.41. The lowest BCUT2D eigenvalue weighted by Crippen LogP contribution is -2.00. The number of fused-ring (bicyclic) bond motifs is 1. The number of aromatic amines is 1. The number of anilines is 2. The van der Waals surface area contributed by atoms with Crippen molar-refractivity contribution in [3.05, 3.63) is 30.0 Å². The van der Waals surface area contributed by atoms with Crippen LogP contribution in [0.1, 0.15) is 5.69 Å². The van der Waals surface area contributed by atoms with Gasteiger partial charge in [0.15, 0.2) is 5.58 Å². The van der Waals surface area contributed by atoms with E-state index in [9.17, 15) is 9.90 Å². The number of carboxylic acid groups (broad SMARTS) is 1. The number of aromatic nitrogens is 3. The SMILES string of the molecule is O=C(O)Cc1[nH]c(Nc2nc3ccccc3o2)nc1O. The number of para-hydroxylation sites is 2. The molecular formula is C12H10N4O4. The average molecular weight is 274 g/mol. The zero-order chi connectivity index (χ0) is 14.1. The Morgan fingerprint density at radius 1 is 1.35 bits per heavy atom. The lowest BCUT2D eigenvalue weighted by atomic mass is 10.3. The minimum Gasteiger partial charge on any atom is -0.492 e. The number of hydrogen-bond acceptors (Lipinski definition) is 6. The second kappa shape index (κ2) is 4.57. The number of nitrogens with one attached hydrogen (secondary N) is 2. The molecule has 0 fully saturated rings. The minimum absolute atomic E-state index is 0.108.